The normalized spacial score (nSPS) is 13.7. The van der Waals surface area contributed by atoms with Crippen LogP contribution in [0.2, 0.25) is 5.02 Å². The maximum atomic E-state index is 13.6. The van der Waals surface area contributed by atoms with Crippen molar-refractivity contribution in [2.75, 3.05) is 17.3 Å². The van der Waals surface area contributed by atoms with E-state index in [1.54, 1.807) is 56.5 Å². The molecule has 4 rings (SSSR count). The Hall–Kier alpha value is -3.57. The van der Waals surface area contributed by atoms with Gasteiger partial charge in [-0.25, -0.2) is 4.90 Å². The van der Waals surface area contributed by atoms with Crippen molar-refractivity contribution in [2.24, 2.45) is 0 Å². The number of ether oxygens (including phenoxy) is 1. The van der Waals surface area contributed by atoms with Gasteiger partial charge in [-0.1, -0.05) is 48.9 Å². The van der Waals surface area contributed by atoms with Gasteiger partial charge >= 0.3 is 0 Å². The highest BCUT2D eigenvalue weighted by molar-refractivity contribution is 6.46. The Morgan fingerprint density at radius 2 is 1.62 bits per heavy atom. The minimum absolute atomic E-state index is 0.226. The molecule has 1 aliphatic rings. The van der Waals surface area contributed by atoms with Gasteiger partial charge in [-0.05, 0) is 66.4 Å². The number of amides is 2. The molecule has 1 N–H and O–H groups in total. The van der Waals surface area contributed by atoms with Crippen LogP contribution in [0.3, 0.4) is 0 Å². The minimum Gasteiger partial charge on any atom is -0.497 e. The van der Waals surface area contributed by atoms with E-state index in [2.05, 4.69) is 12.2 Å². The average molecular weight is 447 g/mol. The van der Waals surface area contributed by atoms with E-state index in [1.165, 1.54) is 10.5 Å². The molecule has 0 aliphatic carbocycles. The summed E-state index contributed by atoms with van der Waals surface area (Å²) in [5, 5.41) is 3.68. The van der Waals surface area contributed by atoms with Crippen molar-refractivity contribution in [2.45, 2.75) is 20.3 Å². The highest BCUT2D eigenvalue weighted by Gasteiger charge is 2.41. The van der Waals surface area contributed by atoms with Gasteiger partial charge in [0.05, 0.1) is 18.4 Å². The summed E-state index contributed by atoms with van der Waals surface area (Å²) in [4.78, 5) is 28.3. The number of benzene rings is 3. The lowest BCUT2D eigenvalue weighted by Gasteiger charge is -2.18. The maximum absolute atomic E-state index is 13.6. The lowest BCUT2D eigenvalue weighted by Crippen LogP contribution is -2.33. The molecule has 1 heterocycles. The van der Waals surface area contributed by atoms with Gasteiger partial charge in [0.1, 0.15) is 11.4 Å². The monoisotopic (exact) mass is 446 g/mol. The number of imide groups is 1. The highest BCUT2D eigenvalue weighted by Crippen LogP contribution is 2.37. The molecular weight excluding hydrogens is 424 g/mol. The summed E-state index contributed by atoms with van der Waals surface area (Å²) < 4.78 is 5.23. The van der Waals surface area contributed by atoms with Crippen LogP contribution in [0, 0.1) is 6.92 Å². The van der Waals surface area contributed by atoms with Crippen LogP contribution in [0.15, 0.2) is 72.4 Å². The van der Waals surface area contributed by atoms with E-state index in [1.807, 2.05) is 24.3 Å². The fraction of sp³-hybridized carbons (Fsp3) is 0.154. The van der Waals surface area contributed by atoms with Gasteiger partial charge in [-0.15, -0.1) is 0 Å². The van der Waals surface area contributed by atoms with E-state index in [0.29, 0.717) is 33.2 Å². The average Bonchev–Trinajstić information content (AvgIpc) is 3.05. The zero-order chi connectivity index (χ0) is 22.8. The number of aryl methyl sites for hydroxylation is 1. The summed E-state index contributed by atoms with van der Waals surface area (Å²) in [6, 6.07) is 20.1. The first-order valence-corrected chi connectivity index (χ1v) is 10.7. The predicted octanol–water partition coefficient (Wildman–Crippen LogP) is 5.62. The molecule has 0 spiro atoms. The zero-order valence-corrected chi connectivity index (χ0v) is 18.9. The van der Waals surface area contributed by atoms with Gasteiger partial charge in [-0.3, -0.25) is 9.59 Å². The number of hydrogen-bond acceptors (Lipinski definition) is 4. The molecule has 1 aliphatic heterocycles. The summed E-state index contributed by atoms with van der Waals surface area (Å²) >= 11 is 6.28. The van der Waals surface area contributed by atoms with Crippen LogP contribution in [0.5, 0.6) is 5.75 Å². The van der Waals surface area contributed by atoms with Crippen LogP contribution in [0.4, 0.5) is 11.4 Å². The largest absolute Gasteiger partial charge is 0.497 e. The first-order valence-electron chi connectivity index (χ1n) is 10.3. The molecule has 0 aromatic heterocycles. The van der Waals surface area contributed by atoms with E-state index < -0.39 is 11.8 Å². The van der Waals surface area contributed by atoms with Crippen molar-refractivity contribution in [3.63, 3.8) is 0 Å². The summed E-state index contributed by atoms with van der Waals surface area (Å²) in [6.45, 7) is 3.87. The molecule has 5 nitrogen and oxygen atoms in total. The van der Waals surface area contributed by atoms with Crippen molar-refractivity contribution >= 4 is 40.4 Å². The van der Waals surface area contributed by atoms with Crippen LogP contribution in [0.1, 0.15) is 23.6 Å². The summed E-state index contributed by atoms with van der Waals surface area (Å²) in [5.41, 5.74) is 4.20. The number of carbonyl (C=O) groups is 2. The molecule has 3 aromatic rings. The van der Waals surface area contributed by atoms with Gasteiger partial charge in [0.2, 0.25) is 0 Å². The Morgan fingerprint density at radius 3 is 2.25 bits per heavy atom. The second-order valence-corrected chi connectivity index (χ2v) is 7.89. The molecule has 0 saturated carbocycles. The summed E-state index contributed by atoms with van der Waals surface area (Å²) in [7, 11) is 1.58. The standard InChI is InChI=1S/C26H23ClN2O3/c1-4-17-8-12-19(13-9-17)28-24-23(18-10-14-20(32-3)15-11-18)25(30)29(26(24)31)22-7-5-6-21(27)16(22)2/h5-15,28H,4H2,1-3H3. The topological polar surface area (TPSA) is 58.6 Å². The van der Waals surface area contributed by atoms with E-state index in [-0.39, 0.29) is 5.70 Å². The number of hydrogen-bond donors (Lipinski definition) is 1. The number of carbonyl (C=O) groups excluding carboxylic acids is 2. The van der Waals surface area contributed by atoms with Crippen LogP contribution in [-0.2, 0) is 16.0 Å². The lowest BCUT2D eigenvalue weighted by molar-refractivity contribution is -0.120. The molecule has 3 aromatic carbocycles. The SMILES string of the molecule is CCc1ccc(NC2=C(c3ccc(OC)cc3)C(=O)N(c3cccc(Cl)c3C)C2=O)cc1. The number of anilines is 2. The van der Waals surface area contributed by atoms with Gasteiger partial charge in [0, 0.05) is 10.7 Å². The van der Waals surface area contributed by atoms with Gasteiger partial charge in [0.15, 0.2) is 0 Å². The van der Waals surface area contributed by atoms with Crippen molar-refractivity contribution in [3.8, 4) is 5.75 Å². The van der Waals surface area contributed by atoms with E-state index >= 15 is 0 Å². The first kappa shape index (κ1) is 21.7. The molecule has 32 heavy (non-hydrogen) atoms. The number of rotatable bonds is 6. The molecule has 2 amide bonds. The number of nitrogens with one attached hydrogen (secondary N) is 1. The minimum atomic E-state index is -0.425. The Kier molecular flexibility index (Phi) is 6.01. The number of nitrogens with zero attached hydrogens (tertiary/aromatic N) is 1. The molecule has 162 valence electrons. The number of halogens is 1. The Morgan fingerprint density at radius 1 is 0.938 bits per heavy atom. The second kappa shape index (κ2) is 8.89. The van der Waals surface area contributed by atoms with Crippen LogP contribution >= 0.6 is 11.6 Å². The molecule has 0 bridgehead atoms. The third-order valence-electron chi connectivity index (χ3n) is 5.57. The Labute approximate surface area is 192 Å². The lowest BCUT2D eigenvalue weighted by atomic mass is 10.0. The molecule has 0 unspecified atom stereocenters. The van der Waals surface area contributed by atoms with Crippen molar-refractivity contribution in [1.82, 2.24) is 0 Å². The second-order valence-electron chi connectivity index (χ2n) is 7.48. The molecule has 6 heteroatoms. The van der Waals surface area contributed by atoms with E-state index in [0.717, 1.165) is 12.1 Å². The Bertz CT molecular complexity index is 1210. The van der Waals surface area contributed by atoms with Crippen molar-refractivity contribution in [1.29, 1.82) is 0 Å². The van der Waals surface area contributed by atoms with E-state index in [4.69, 9.17) is 16.3 Å². The van der Waals surface area contributed by atoms with Crippen LogP contribution < -0.4 is 15.0 Å². The smallest absolute Gasteiger partial charge is 0.282 e. The molecule has 0 atom stereocenters. The highest BCUT2D eigenvalue weighted by atomic mass is 35.5. The molecular formula is C26H23ClN2O3. The predicted molar refractivity (Wildman–Crippen MR) is 128 cm³/mol. The van der Waals surface area contributed by atoms with Crippen molar-refractivity contribution in [3.05, 3.63) is 94.1 Å². The van der Waals surface area contributed by atoms with E-state index in [9.17, 15) is 9.59 Å². The third kappa shape index (κ3) is 3.87. The zero-order valence-electron chi connectivity index (χ0n) is 18.1. The maximum Gasteiger partial charge on any atom is 0.282 e. The van der Waals surface area contributed by atoms with Gasteiger partial charge < -0.3 is 10.1 Å². The molecule has 0 radical (unpaired) electrons. The molecule has 0 saturated heterocycles. The van der Waals surface area contributed by atoms with Crippen molar-refractivity contribution < 1.29 is 14.3 Å². The quantitative estimate of drug-likeness (QED) is 0.499. The summed E-state index contributed by atoms with van der Waals surface area (Å²) in [6.07, 6.45) is 0.916. The van der Waals surface area contributed by atoms with Gasteiger partial charge in [0.25, 0.3) is 11.8 Å². The van der Waals surface area contributed by atoms with Gasteiger partial charge in [-0.2, -0.15) is 0 Å². The fourth-order valence-corrected chi connectivity index (χ4v) is 3.87. The summed E-state index contributed by atoms with van der Waals surface area (Å²) in [5.74, 6) is -0.165. The Balaban J connectivity index is 1.82. The van der Waals surface area contributed by atoms with Crippen LogP contribution in [0.25, 0.3) is 5.57 Å². The third-order valence-corrected chi connectivity index (χ3v) is 5.98. The molecule has 0 fully saturated rings. The first-order chi connectivity index (χ1) is 15.4. The fourth-order valence-electron chi connectivity index (χ4n) is 3.70. The van der Waals surface area contributed by atoms with Crippen LogP contribution in [-0.4, -0.2) is 18.9 Å². The number of methoxy groups -OCH3 is 1.